The summed E-state index contributed by atoms with van der Waals surface area (Å²) in [5.41, 5.74) is 0. The molecule has 1 aromatic rings. The quantitative estimate of drug-likeness (QED) is 0.659. The lowest BCUT2D eigenvalue weighted by Gasteiger charge is -1.89. The van der Waals surface area contributed by atoms with Crippen molar-refractivity contribution < 1.29 is 0 Å². The molecule has 1 aromatic heterocycles. The minimum Gasteiger partial charge on any atom is -0.313 e. The van der Waals surface area contributed by atoms with E-state index in [-0.39, 0.29) is 0 Å². The fraction of sp³-hybridized carbons (Fsp3) is 0.714. The summed E-state index contributed by atoms with van der Waals surface area (Å²) in [7, 11) is 1.90. The number of aromatic amines is 1. The van der Waals surface area contributed by atoms with Crippen LogP contribution in [0.3, 0.4) is 0 Å². The van der Waals surface area contributed by atoms with Gasteiger partial charge in [-0.25, -0.2) is 4.98 Å². The third-order valence-electron chi connectivity index (χ3n) is 1.84. The van der Waals surface area contributed by atoms with Crippen LogP contribution in [0.5, 0.6) is 0 Å². The summed E-state index contributed by atoms with van der Waals surface area (Å²) in [6.45, 7) is 0.778. The van der Waals surface area contributed by atoms with Gasteiger partial charge in [-0.1, -0.05) is 0 Å². The predicted molar refractivity (Wildman–Crippen MR) is 41.1 cm³/mol. The maximum Gasteiger partial charge on any atom is 0.153 e. The maximum absolute atomic E-state index is 4.33. The van der Waals surface area contributed by atoms with Crippen molar-refractivity contribution in [1.29, 1.82) is 0 Å². The number of aromatic nitrogens is 3. The minimum absolute atomic E-state index is 0.650. The number of nitrogens with one attached hydrogen (secondary N) is 2. The van der Waals surface area contributed by atoms with Crippen molar-refractivity contribution in [1.82, 2.24) is 20.5 Å². The highest BCUT2D eigenvalue weighted by Crippen LogP contribution is 2.37. The van der Waals surface area contributed by atoms with E-state index in [2.05, 4.69) is 20.5 Å². The Morgan fingerprint density at radius 2 is 2.45 bits per heavy atom. The molecule has 0 bridgehead atoms. The van der Waals surface area contributed by atoms with Crippen molar-refractivity contribution >= 4 is 0 Å². The van der Waals surface area contributed by atoms with Gasteiger partial charge in [-0.15, -0.1) is 0 Å². The van der Waals surface area contributed by atoms with Gasteiger partial charge in [0.1, 0.15) is 5.82 Å². The van der Waals surface area contributed by atoms with Crippen LogP contribution in [0.2, 0.25) is 0 Å². The Bertz CT molecular complexity index is 238. The number of hydrogen-bond donors (Lipinski definition) is 2. The molecule has 60 valence electrons. The Morgan fingerprint density at radius 1 is 1.64 bits per heavy atom. The fourth-order valence-corrected chi connectivity index (χ4v) is 1.08. The molecule has 1 fully saturated rings. The summed E-state index contributed by atoms with van der Waals surface area (Å²) in [4.78, 5) is 4.33. The lowest BCUT2D eigenvalue weighted by molar-refractivity contribution is 0.762. The second-order valence-electron chi connectivity index (χ2n) is 2.94. The normalized spacial score (nSPS) is 17.2. The number of nitrogens with zero attached hydrogens (tertiary/aromatic N) is 2. The first-order valence-corrected chi connectivity index (χ1v) is 3.96. The van der Waals surface area contributed by atoms with E-state index in [0.29, 0.717) is 5.92 Å². The second-order valence-corrected chi connectivity index (χ2v) is 2.94. The van der Waals surface area contributed by atoms with Crippen LogP contribution in [0, 0.1) is 0 Å². The molecule has 0 aliphatic heterocycles. The molecule has 4 nitrogen and oxygen atoms in total. The molecule has 0 spiro atoms. The summed E-state index contributed by atoms with van der Waals surface area (Å²) in [5.74, 6) is 2.58. The van der Waals surface area contributed by atoms with E-state index in [4.69, 9.17) is 0 Å². The average Bonchev–Trinajstić information content (AvgIpc) is 2.75. The van der Waals surface area contributed by atoms with Gasteiger partial charge >= 0.3 is 0 Å². The number of H-pyrrole nitrogens is 1. The lowest BCUT2D eigenvalue weighted by Crippen LogP contribution is -2.06. The van der Waals surface area contributed by atoms with E-state index < -0.39 is 0 Å². The van der Waals surface area contributed by atoms with Gasteiger partial charge in [0.05, 0.1) is 6.54 Å². The number of hydrogen-bond acceptors (Lipinski definition) is 3. The Balaban J connectivity index is 2.06. The molecule has 0 radical (unpaired) electrons. The first-order valence-electron chi connectivity index (χ1n) is 3.96. The average molecular weight is 152 g/mol. The zero-order valence-corrected chi connectivity index (χ0v) is 6.59. The molecule has 0 amide bonds. The third kappa shape index (κ3) is 1.40. The SMILES string of the molecule is CNCc1nc(C2CC2)n[nH]1. The summed E-state index contributed by atoms with van der Waals surface area (Å²) >= 11 is 0. The van der Waals surface area contributed by atoms with Crippen molar-refractivity contribution in [3.63, 3.8) is 0 Å². The first kappa shape index (κ1) is 6.79. The molecule has 11 heavy (non-hydrogen) atoms. The van der Waals surface area contributed by atoms with Gasteiger partial charge in [0, 0.05) is 5.92 Å². The van der Waals surface area contributed by atoms with Gasteiger partial charge in [0.2, 0.25) is 0 Å². The van der Waals surface area contributed by atoms with Crippen LogP contribution in [-0.4, -0.2) is 22.2 Å². The molecule has 1 aliphatic carbocycles. The van der Waals surface area contributed by atoms with Crippen molar-refractivity contribution in [3.8, 4) is 0 Å². The zero-order valence-electron chi connectivity index (χ0n) is 6.59. The Kier molecular flexibility index (Phi) is 1.62. The third-order valence-corrected chi connectivity index (χ3v) is 1.84. The smallest absolute Gasteiger partial charge is 0.153 e. The molecule has 0 unspecified atom stereocenters. The van der Waals surface area contributed by atoms with Gasteiger partial charge in [-0.2, -0.15) is 5.10 Å². The highest BCUT2D eigenvalue weighted by atomic mass is 15.2. The van der Waals surface area contributed by atoms with Crippen molar-refractivity contribution in [2.24, 2.45) is 0 Å². The van der Waals surface area contributed by atoms with E-state index in [0.717, 1.165) is 18.2 Å². The number of rotatable bonds is 3. The molecule has 1 heterocycles. The van der Waals surface area contributed by atoms with Gasteiger partial charge in [-0.05, 0) is 19.9 Å². The molecule has 0 aromatic carbocycles. The molecular weight excluding hydrogens is 140 g/mol. The molecular formula is C7H12N4. The summed E-state index contributed by atoms with van der Waals surface area (Å²) in [6, 6.07) is 0. The van der Waals surface area contributed by atoms with Crippen LogP contribution in [0.1, 0.15) is 30.4 Å². The second kappa shape index (κ2) is 2.62. The van der Waals surface area contributed by atoms with Crippen LogP contribution in [-0.2, 0) is 6.54 Å². The Morgan fingerprint density at radius 3 is 3.09 bits per heavy atom. The highest BCUT2D eigenvalue weighted by Gasteiger charge is 2.27. The van der Waals surface area contributed by atoms with Gasteiger partial charge in [0.15, 0.2) is 5.82 Å². The fourth-order valence-electron chi connectivity index (χ4n) is 1.08. The van der Waals surface area contributed by atoms with E-state index in [1.54, 1.807) is 0 Å². The van der Waals surface area contributed by atoms with Crippen LogP contribution in [0.4, 0.5) is 0 Å². The molecule has 2 N–H and O–H groups in total. The molecule has 1 aliphatic rings. The molecule has 0 saturated heterocycles. The minimum atomic E-state index is 0.650. The lowest BCUT2D eigenvalue weighted by atomic mass is 10.4. The van der Waals surface area contributed by atoms with E-state index in [1.165, 1.54) is 12.8 Å². The molecule has 2 rings (SSSR count). The van der Waals surface area contributed by atoms with Gasteiger partial charge in [0.25, 0.3) is 0 Å². The standard InChI is InChI=1S/C7H12N4/c1-8-4-6-9-7(11-10-6)5-2-3-5/h5,8H,2-4H2,1H3,(H,9,10,11). The highest BCUT2D eigenvalue weighted by molar-refractivity contribution is 5.04. The van der Waals surface area contributed by atoms with Crippen molar-refractivity contribution in [2.75, 3.05) is 7.05 Å². The van der Waals surface area contributed by atoms with Crippen molar-refractivity contribution in [2.45, 2.75) is 25.3 Å². The van der Waals surface area contributed by atoms with E-state index in [9.17, 15) is 0 Å². The zero-order chi connectivity index (χ0) is 7.68. The Labute approximate surface area is 65.4 Å². The van der Waals surface area contributed by atoms with E-state index in [1.807, 2.05) is 7.05 Å². The molecule has 0 atom stereocenters. The van der Waals surface area contributed by atoms with Gasteiger partial charge in [-0.3, -0.25) is 5.10 Å². The van der Waals surface area contributed by atoms with Crippen molar-refractivity contribution in [3.05, 3.63) is 11.6 Å². The monoisotopic (exact) mass is 152 g/mol. The summed E-state index contributed by atoms with van der Waals surface area (Å²) in [6.07, 6.45) is 2.52. The Hall–Kier alpha value is -0.900. The topological polar surface area (TPSA) is 53.6 Å². The van der Waals surface area contributed by atoms with Crippen LogP contribution in [0.15, 0.2) is 0 Å². The largest absolute Gasteiger partial charge is 0.313 e. The van der Waals surface area contributed by atoms with Crippen LogP contribution < -0.4 is 5.32 Å². The van der Waals surface area contributed by atoms with Crippen LogP contribution >= 0.6 is 0 Å². The predicted octanol–water partition coefficient (Wildman–Crippen LogP) is 0.401. The van der Waals surface area contributed by atoms with Crippen LogP contribution in [0.25, 0.3) is 0 Å². The summed E-state index contributed by atoms with van der Waals surface area (Å²) < 4.78 is 0. The summed E-state index contributed by atoms with van der Waals surface area (Å²) in [5, 5.41) is 10.0. The first-order chi connectivity index (χ1) is 5.40. The molecule has 4 heteroatoms. The van der Waals surface area contributed by atoms with Gasteiger partial charge < -0.3 is 5.32 Å². The van der Waals surface area contributed by atoms with E-state index >= 15 is 0 Å². The molecule has 1 saturated carbocycles. The maximum atomic E-state index is 4.33.